The highest BCUT2D eigenvalue weighted by atomic mass is 19.1. The van der Waals surface area contributed by atoms with Crippen molar-refractivity contribution in [3.05, 3.63) is 47.8 Å². The molecule has 3 heteroatoms. The lowest BCUT2D eigenvalue weighted by molar-refractivity contribution is -0.143. The van der Waals surface area contributed by atoms with Gasteiger partial charge in [-0.15, -0.1) is 0 Å². The molecule has 0 saturated carbocycles. The van der Waals surface area contributed by atoms with Crippen LogP contribution in [0.3, 0.4) is 0 Å². The summed E-state index contributed by atoms with van der Waals surface area (Å²) in [5, 5.41) is 9.32. The summed E-state index contributed by atoms with van der Waals surface area (Å²) in [6.07, 6.45) is 7.18. The summed E-state index contributed by atoms with van der Waals surface area (Å²) in [7, 11) is 0. The van der Waals surface area contributed by atoms with Gasteiger partial charge in [0, 0.05) is 0 Å². The molecule has 1 aliphatic carbocycles. The number of aliphatic carboxylic acids is 1. The maximum atomic E-state index is 13.6. The fourth-order valence-electron chi connectivity index (χ4n) is 2.50. The summed E-state index contributed by atoms with van der Waals surface area (Å²) < 4.78 is 13.6. The zero-order valence-electron chi connectivity index (χ0n) is 10.2. The van der Waals surface area contributed by atoms with Crippen LogP contribution in [0.2, 0.25) is 0 Å². The molecular formula is C15H17FO2. The second-order valence-electron chi connectivity index (χ2n) is 4.76. The molecule has 1 aromatic rings. The number of halogens is 1. The number of benzene rings is 1. The Morgan fingerprint density at radius 2 is 2.22 bits per heavy atom. The number of carboxylic acids is 1. The highest BCUT2D eigenvalue weighted by molar-refractivity contribution is 5.71. The molecule has 0 aliphatic heterocycles. The van der Waals surface area contributed by atoms with E-state index in [2.05, 4.69) is 0 Å². The average Bonchev–Trinajstić information content (AvgIpc) is 2.38. The Kier molecular flexibility index (Phi) is 4.13. The summed E-state index contributed by atoms with van der Waals surface area (Å²) in [5.74, 6) is -1.66. The van der Waals surface area contributed by atoms with E-state index in [9.17, 15) is 14.3 Å². The standard InChI is InChI=1S/C15H17FO2/c16-14-9-5-4-8-12(14)10-13(15(17)18)11-6-2-1-3-7-11/h2,4-6,8-9,11,13H,1,3,7,10H2,(H,17,18). The van der Waals surface area contributed by atoms with Crippen LogP contribution in [0.5, 0.6) is 0 Å². The van der Waals surface area contributed by atoms with E-state index < -0.39 is 11.9 Å². The Labute approximate surface area is 106 Å². The maximum Gasteiger partial charge on any atom is 0.307 e. The lowest BCUT2D eigenvalue weighted by atomic mass is 9.81. The first-order chi connectivity index (χ1) is 8.68. The van der Waals surface area contributed by atoms with Crippen LogP contribution in [0.15, 0.2) is 36.4 Å². The molecule has 1 aromatic carbocycles. The average molecular weight is 248 g/mol. The number of carbonyl (C=O) groups is 1. The topological polar surface area (TPSA) is 37.3 Å². The molecule has 1 N–H and O–H groups in total. The van der Waals surface area contributed by atoms with Gasteiger partial charge in [0.15, 0.2) is 0 Å². The maximum absolute atomic E-state index is 13.6. The Balaban J connectivity index is 2.16. The third-order valence-electron chi connectivity index (χ3n) is 3.52. The first-order valence-corrected chi connectivity index (χ1v) is 6.31. The predicted octanol–water partition coefficient (Wildman–Crippen LogP) is 3.43. The van der Waals surface area contributed by atoms with E-state index in [1.807, 2.05) is 12.2 Å². The molecule has 0 saturated heterocycles. The molecule has 18 heavy (non-hydrogen) atoms. The zero-order valence-corrected chi connectivity index (χ0v) is 10.2. The first-order valence-electron chi connectivity index (χ1n) is 6.31. The molecule has 96 valence electrons. The molecule has 0 amide bonds. The van der Waals surface area contributed by atoms with E-state index in [4.69, 9.17) is 0 Å². The Morgan fingerprint density at radius 3 is 2.83 bits per heavy atom. The number of hydrogen-bond acceptors (Lipinski definition) is 1. The normalized spacial score (nSPS) is 20.6. The summed E-state index contributed by atoms with van der Waals surface area (Å²) >= 11 is 0. The van der Waals surface area contributed by atoms with Crippen LogP contribution in [-0.2, 0) is 11.2 Å². The van der Waals surface area contributed by atoms with E-state index in [0.717, 1.165) is 19.3 Å². The summed E-state index contributed by atoms with van der Waals surface area (Å²) in [5.41, 5.74) is 0.490. The van der Waals surface area contributed by atoms with Crippen LogP contribution >= 0.6 is 0 Å². The molecular weight excluding hydrogens is 231 g/mol. The SMILES string of the molecule is O=C(O)C(Cc1ccccc1F)C1C=CCCC1. The monoisotopic (exact) mass is 248 g/mol. The molecule has 2 unspecified atom stereocenters. The van der Waals surface area contributed by atoms with Crippen LogP contribution in [0.4, 0.5) is 4.39 Å². The van der Waals surface area contributed by atoms with E-state index in [1.54, 1.807) is 18.2 Å². The third-order valence-corrected chi connectivity index (χ3v) is 3.52. The van der Waals surface area contributed by atoms with E-state index in [1.165, 1.54) is 6.07 Å². The molecule has 0 radical (unpaired) electrons. The van der Waals surface area contributed by atoms with Crippen LogP contribution in [0.25, 0.3) is 0 Å². The molecule has 0 fully saturated rings. The molecule has 1 aliphatic rings. The second-order valence-corrected chi connectivity index (χ2v) is 4.76. The van der Waals surface area contributed by atoms with Crippen LogP contribution < -0.4 is 0 Å². The minimum Gasteiger partial charge on any atom is -0.481 e. The molecule has 0 bridgehead atoms. The predicted molar refractivity (Wildman–Crippen MR) is 67.7 cm³/mol. The van der Waals surface area contributed by atoms with Gasteiger partial charge in [0.1, 0.15) is 5.82 Å². The fraction of sp³-hybridized carbons (Fsp3) is 0.400. The van der Waals surface area contributed by atoms with E-state index in [0.29, 0.717) is 5.56 Å². The highest BCUT2D eigenvalue weighted by Crippen LogP contribution is 2.28. The van der Waals surface area contributed by atoms with Crippen molar-refractivity contribution < 1.29 is 14.3 Å². The minimum absolute atomic E-state index is 0.0239. The van der Waals surface area contributed by atoms with Crippen molar-refractivity contribution >= 4 is 5.97 Å². The van der Waals surface area contributed by atoms with Crippen molar-refractivity contribution in [2.75, 3.05) is 0 Å². The fourth-order valence-corrected chi connectivity index (χ4v) is 2.50. The third kappa shape index (κ3) is 2.97. The van der Waals surface area contributed by atoms with Crippen molar-refractivity contribution in [2.45, 2.75) is 25.7 Å². The molecule has 2 rings (SSSR count). The Hall–Kier alpha value is -1.64. The van der Waals surface area contributed by atoms with Crippen LogP contribution in [-0.4, -0.2) is 11.1 Å². The van der Waals surface area contributed by atoms with Gasteiger partial charge < -0.3 is 5.11 Å². The molecule has 2 atom stereocenters. The quantitative estimate of drug-likeness (QED) is 0.829. The number of hydrogen-bond donors (Lipinski definition) is 1. The molecule has 0 heterocycles. The van der Waals surface area contributed by atoms with Gasteiger partial charge in [-0.2, -0.15) is 0 Å². The lowest BCUT2D eigenvalue weighted by Crippen LogP contribution is -2.26. The first kappa shape index (κ1) is 12.8. The van der Waals surface area contributed by atoms with Crippen molar-refractivity contribution in [3.63, 3.8) is 0 Å². The van der Waals surface area contributed by atoms with Crippen molar-refractivity contribution in [2.24, 2.45) is 11.8 Å². The van der Waals surface area contributed by atoms with E-state index in [-0.39, 0.29) is 18.2 Å². The van der Waals surface area contributed by atoms with Gasteiger partial charge in [-0.1, -0.05) is 30.4 Å². The smallest absolute Gasteiger partial charge is 0.307 e. The van der Waals surface area contributed by atoms with Gasteiger partial charge in [-0.05, 0) is 43.2 Å². The Morgan fingerprint density at radius 1 is 1.44 bits per heavy atom. The Bertz CT molecular complexity index is 454. The van der Waals surface area contributed by atoms with Crippen LogP contribution in [0.1, 0.15) is 24.8 Å². The highest BCUT2D eigenvalue weighted by Gasteiger charge is 2.28. The van der Waals surface area contributed by atoms with Gasteiger partial charge >= 0.3 is 5.97 Å². The van der Waals surface area contributed by atoms with Gasteiger partial charge in [0.2, 0.25) is 0 Å². The van der Waals surface area contributed by atoms with Gasteiger partial charge in [-0.25, -0.2) is 4.39 Å². The largest absolute Gasteiger partial charge is 0.481 e. The van der Waals surface area contributed by atoms with Gasteiger partial charge in [0.25, 0.3) is 0 Å². The van der Waals surface area contributed by atoms with Gasteiger partial charge in [0.05, 0.1) is 5.92 Å². The number of allylic oxidation sites excluding steroid dienone is 2. The summed E-state index contributed by atoms with van der Waals surface area (Å²) in [4.78, 5) is 11.4. The zero-order chi connectivity index (χ0) is 13.0. The van der Waals surface area contributed by atoms with Crippen molar-refractivity contribution in [1.82, 2.24) is 0 Å². The molecule has 0 spiro atoms. The van der Waals surface area contributed by atoms with Crippen molar-refractivity contribution in [1.29, 1.82) is 0 Å². The minimum atomic E-state index is -0.838. The van der Waals surface area contributed by atoms with E-state index >= 15 is 0 Å². The van der Waals surface area contributed by atoms with Crippen LogP contribution in [0, 0.1) is 17.7 Å². The molecule has 0 aromatic heterocycles. The second kappa shape index (κ2) is 5.80. The van der Waals surface area contributed by atoms with Gasteiger partial charge in [-0.3, -0.25) is 4.79 Å². The lowest BCUT2D eigenvalue weighted by Gasteiger charge is -2.23. The number of rotatable bonds is 4. The number of carboxylic acid groups (broad SMARTS) is 1. The molecule has 2 nitrogen and oxygen atoms in total. The summed E-state index contributed by atoms with van der Waals surface area (Å²) in [6, 6.07) is 6.41. The van der Waals surface area contributed by atoms with Crippen molar-refractivity contribution in [3.8, 4) is 0 Å². The summed E-state index contributed by atoms with van der Waals surface area (Å²) in [6.45, 7) is 0.